The Morgan fingerprint density at radius 1 is 0.857 bits per heavy atom. The fourth-order valence-corrected chi connectivity index (χ4v) is 5.36. The number of ether oxygens (including phenoxy) is 3. The molecular formula is C33H27N3O5S. The molecule has 5 aromatic rings. The molecular weight excluding hydrogens is 550 g/mol. The van der Waals surface area contributed by atoms with Crippen LogP contribution in [0.4, 0.5) is 5.69 Å². The fraction of sp³-hybridized carbons (Fsp3) is 0.121. The summed E-state index contributed by atoms with van der Waals surface area (Å²) in [4.78, 5) is 19.1. The third-order valence-corrected chi connectivity index (χ3v) is 7.34. The first-order valence-electron chi connectivity index (χ1n) is 13.3. The number of aromatic nitrogens is 1. The number of hydrogen-bond donors (Lipinski definition) is 1. The average Bonchev–Trinajstić information content (AvgIpc) is 3.66. The van der Waals surface area contributed by atoms with Crippen molar-refractivity contribution in [2.24, 2.45) is 0 Å². The van der Waals surface area contributed by atoms with Crippen LogP contribution in [0, 0.1) is 0 Å². The Morgan fingerprint density at radius 2 is 1.55 bits per heavy atom. The van der Waals surface area contributed by atoms with E-state index in [-0.39, 0.29) is 12.1 Å². The van der Waals surface area contributed by atoms with E-state index in [1.54, 1.807) is 25.4 Å². The zero-order chi connectivity index (χ0) is 29.1. The molecule has 0 unspecified atom stereocenters. The van der Waals surface area contributed by atoms with Crippen molar-refractivity contribution in [1.82, 2.24) is 10.3 Å². The second-order valence-electron chi connectivity index (χ2n) is 9.51. The van der Waals surface area contributed by atoms with Crippen molar-refractivity contribution in [2.45, 2.75) is 12.1 Å². The number of furan rings is 1. The molecule has 1 fully saturated rings. The van der Waals surface area contributed by atoms with Crippen molar-refractivity contribution in [3.05, 3.63) is 126 Å². The highest BCUT2D eigenvalue weighted by molar-refractivity contribution is 7.80. The van der Waals surface area contributed by atoms with Crippen LogP contribution in [0.2, 0.25) is 0 Å². The maximum Gasteiger partial charge on any atom is 0.338 e. The van der Waals surface area contributed by atoms with Crippen molar-refractivity contribution >= 4 is 29.0 Å². The number of nitrogens with one attached hydrogen (secondary N) is 1. The molecule has 3 aromatic carbocycles. The number of anilines is 1. The van der Waals surface area contributed by atoms with Gasteiger partial charge in [-0.1, -0.05) is 24.3 Å². The topological polar surface area (TPSA) is 86.1 Å². The summed E-state index contributed by atoms with van der Waals surface area (Å²) >= 11 is 5.85. The van der Waals surface area contributed by atoms with Crippen LogP contribution in [-0.4, -0.2) is 30.3 Å². The van der Waals surface area contributed by atoms with Crippen LogP contribution in [0.3, 0.4) is 0 Å². The second-order valence-corrected chi connectivity index (χ2v) is 9.89. The minimum Gasteiger partial charge on any atom is -0.497 e. The summed E-state index contributed by atoms with van der Waals surface area (Å²) in [6.07, 6.45) is 1.76. The van der Waals surface area contributed by atoms with E-state index >= 15 is 0 Å². The molecule has 0 amide bonds. The number of hydrogen-bond acceptors (Lipinski definition) is 7. The Kier molecular flexibility index (Phi) is 7.57. The number of carbonyl (C=O) groups is 1. The van der Waals surface area contributed by atoms with Crippen molar-refractivity contribution in [3.8, 4) is 28.6 Å². The highest BCUT2D eigenvalue weighted by Crippen LogP contribution is 2.43. The predicted molar refractivity (Wildman–Crippen MR) is 163 cm³/mol. The number of esters is 1. The van der Waals surface area contributed by atoms with E-state index in [1.807, 2.05) is 95.9 Å². The predicted octanol–water partition coefficient (Wildman–Crippen LogP) is 7.11. The van der Waals surface area contributed by atoms with Crippen molar-refractivity contribution in [1.29, 1.82) is 0 Å². The third-order valence-electron chi connectivity index (χ3n) is 7.02. The molecule has 9 heteroatoms. The summed E-state index contributed by atoms with van der Waals surface area (Å²) in [6.45, 7) is 0. The summed E-state index contributed by atoms with van der Waals surface area (Å²) in [6, 6.07) is 31.2. The highest BCUT2D eigenvalue weighted by Gasteiger charge is 2.42. The molecule has 1 N–H and O–H groups in total. The molecule has 1 aliphatic heterocycles. The van der Waals surface area contributed by atoms with Crippen LogP contribution in [0.1, 0.15) is 33.9 Å². The molecule has 0 spiro atoms. The van der Waals surface area contributed by atoms with Crippen molar-refractivity contribution in [2.75, 3.05) is 19.1 Å². The van der Waals surface area contributed by atoms with Gasteiger partial charge in [0, 0.05) is 17.4 Å². The Balaban J connectivity index is 1.35. The summed E-state index contributed by atoms with van der Waals surface area (Å²) in [5.74, 6) is 2.91. The molecule has 2 atom stereocenters. The van der Waals surface area contributed by atoms with E-state index < -0.39 is 5.97 Å². The lowest BCUT2D eigenvalue weighted by atomic mass is 10.0. The van der Waals surface area contributed by atoms with Crippen LogP contribution in [0.5, 0.6) is 17.2 Å². The Hall–Kier alpha value is -5.15. The molecule has 6 rings (SSSR count). The zero-order valence-corrected chi connectivity index (χ0v) is 23.7. The lowest BCUT2D eigenvalue weighted by molar-refractivity contribution is 0.0601. The van der Waals surface area contributed by atoms with Gasteiger partial charge in [-0.15, -0.1) is 0 Å². The van der Waals surface area contributed by atoms with Gasteiger partial charge in [0.15, 0.2) is 5.11 Å². The van der Waals surface area contributed by atoms with Crippen LogP contribution in [-0.2, 0) is 4.74 Å². The van der Waals surface area contributed by atoms with Crippen LogP contribution in [0.25, 0.3) is 11.3 Å². The van der Waals surface area contributed by atoms with Gasteiger partial charge in [-0.25, -0.2) is 4.79 Å². The summed E-state index contributed by atoms with van der Waals surface area (Å²) in [5.41, 5.74) is 2.74. The van der Waals surface area contributed by atoms with Gasteiger partial charge in [0.05, 0.1) is 31.5 Å². The number of benzene rings is 3. The first kappa shape index (κ1) is 27.0. The largest absolute Gasteiger partial charge is 0.497 e. The molecule has 0 bridgehead atoms. The average molecular weight is 578 g/mol. The number of nitrogens with zero attached hydrogens (tertiary/aromatic N) is 2. The second kappa shape index (κ2) is 11.8. The first-order chi connectivity index (χ1) is 20.6. The van der Waals surface area contributed by atoms with E-state index in [0.29, 0.717) is 39.3 Å². The van der Waals surface area contributed by atoms with Gasteiger partial charge >= 0.3 is 5.97 Å². The molecule has 3 heterocycles. The Morgan fingerprint density at radius 3 is 2.24 bits per heavy atom. The van der Waals surface area contributed by atoms with Gasteiger partial charge in [0.2, 0.25) is 0 Å². The first-order valence-corrected chi connectivity index (χ1v) is 13.7. The van der Waals surface area contributed by atoms with Crippen molar-refractivity contribution in [3.63, 3.8) is 0 Å². The number of rotatable bonds is 8. The maximum absolute atomic E-state index is 12.4. The summed E-state index contributed by atoms with van der Waals surface area (Å²) < 4.78 is 22.7. The van der Waals surface area contributed by atoms with E-state index in [4.69, 9.17) is 30.8 Å². The number of methoxy groups -OCH3 is 2. The molecule has 0 radical (unpaired) electrons. The number of carbonyl (C=O) groups excluding carboxylic acids is 1. The minimum absolute atomic E-state index is 0.288. The van der Waals surface area contributed by atoms with Crippen LogP contribution in [0.15, 0.2) is 114 Å². The van der Waals surface area contributed by atoms with E-state index in [2.05, 4.69) is 10.3 Å². The SMILES string of the molecule is COC(=O)c1ccccc1-c1ccc([C@@H]2[C@H](c3ccccn3)NC(=S)N2c2ccc(Oc3ccc(OC)cc3)cc2)o1. The van der Waals surface area contributed by atoms with E-state index in [0.717, 1.165) is 17.1 Å². The van der Waals surface area contributed by atoms with E-state index in [1.165, 1.54) is 7.11 Å². The Labute approximate surface area is 248 Å². The molecule has 0 saturated carbocycles. The monoisotopic (exact) mass is 577 g/mol. The lowest BCUT2D eigenvalue weighted by Gasteiger charge is -2.26. The maximum atomic E-state index is 12.4. The number of pyridine rings is 1. The van der Waals surface area contributed by atoms with Crippen LogP contribution < -0.4 is 19.7 Å². The molecule has 1 saturated heterocycles. The van der Waals surface area contributed by atoms with Gasteiger partial charge in [0.1, 0.15) is 34.8 Å². The quantitative estimate of drug-likeness (QED) is 0.153. The smallest absolute Gasteiger partial charge is 0.338 e. The summed E-state index contributed by atoms with van der Waals surface area (Å²) in [7, 11) is 2.99. The third kappa shape index (κ3) is 5.29. The molecule has 0 aliphatic carbocycles. The Bertz CT molecular complexity index is 1700. The molecule has 42 heavy (non-hydrogen) atoms. The molecule has 8 nitrogen and oxygen atoms in total. The zero-order valence-electron chi connectivity index (χ0n) is 22.9. The minimum atomic E-state index is -0.433. The number of thiocarbonyl (C=S) groups is 1. The van der Waals surface area contributed by atoms with Gasteiger partial charge in [-0.2, -0.15) is 0 Å². The van der Waals surface area contributed by atoms with Crippen molar-refractivity contribution < 1.29 is 23.4 Å². The fourth-order valence-electron chi connectivity index (χ4n) is 5.02. The molecule has 1 aliphatic rings. The lowest BCUT2D eigenvalue weighted by Crippen LogP contribution is -2.29. The van der Waals surface area contributed by atoms with E-state index in [9.17, 15) is 4.79 Å². The van der Waals surface area contributed by atoms with Gasteiger partial charge in [0.25, 0.3) is 0 Å². The normalized spacial score (nSPS) is 16.1. The van der Waals surface area contributed by atoms with Gasteiger partial charge < -0.3 is 28.8 Å². The van der Waals surface area contributed by atoms with Crippen LogP contribution >= 0.6 is 12.2 Å². The molecule has 2 aromatic heterocycles. The standard InChI is InChI=1S/C33H27N3O5S/c1-38-22-14-16-24(17-15-22)40-23-12-10-21(11-13-23)36-31(30(35-33(36)42)27-9-5-6-20-34-27)29-19-18-28(41-29)25-7-3-4-8-26(25)32(37)39-2/h3-20,30-31H,1-2H3,(H,35,42)/t30-,31+/m0/s1. The highest BCUT2D eigenvalue weighted by atomic mass is 32.1. The molecule has 210 valence electrons. The van der Waals surface area contributed by atoms with Gasteiger partial charge in [-0.3, -0.25) is 4.98 Å². The summed E-state index contributed by atoms with van der Waals surface area (Å²) in [5, 5.41) is 3.97. The van der Waals surface area contributed by atoms with Gasteiger partial charge in [-0.05, 0) is 91.1 Å².